The number of rotatable bonds is 4. The van der Waals surface area contributed by atoms with Crippen molar-refractivity contribution in [1.82, 2.24) is 0 Å². The summed E-state index contributed by atoms with van der Waals surface area (Å²) in [5.41, 5.74) is 15.5. The van der Waals surface area contributed by atoms with Crippen molar-refractivity contribution in [2.75, 3.05) is 0 Å². The smallest absolute Gasteiger partial charge is 0.0165 e. The van der Waals surface area contributed by atoms with Crippen LogP contribution in [0.1, 0.15) is 25.0 Å². The van der Waals surface area contributed by atoms with E-state index in [9.17, 15) is 0 Å². The molecule has 240 valence electrons. The first-order valence-corrected chi connectivity index (χ1v) is 17.9. The van der Waals surface area contributed by atoms with Gasteiger partial charge in [-0.3, -0.25) is 0 Å². The lowest BCUT2D eigenvalue weighted by Crippen LogP contribution is -2.16. The van der Waals surface area contributed by atoms with Gasteiger partial charge in [0, 0.05) is 5.41 Å². The van der Waals surface area contributed by atoms with Crippen molar-refractivity contribution in [2.24, 2.45) is 0 Å². The molecule has 0 nitrogen and oxygen atoms in total. The van der Waals surface area contributed by atoms with E-state index in [1.165, 1.54) is 99.1 Å². The molecule has 0 heterocycles. The molecule has 0 amide bonds. The SMILES string of the molecule is CC1(C)c2cc3ccccc3cc2-c2cccc(-c3ccc(-c4c5ccccc5c(-c5ccc(-c6ccccc6)cc5)c5ccccc45)cc3)c21. The summed E-state index contributed by atoms with van der Waals surface area (Å²) in [4.78, 5) is 0. The monoisotopic (exact) mass is 648 g/mol. The average molecular weight is 649 g/mol. The summed E-state index contributed by atoms with van der Waals surface area (Å²) in [6.07, 6.45) is 0. The molecule has 0 N–H and O–H groups in total. The van der Waals surface area contributed by atoms with Crippen molar-refractivity contribution in [3.63, 3.8) is 0 Å². The lowest BCUT2D eigenvalue weighted by molar-refractivity contribution is 0.663. The van der Waals surface area contributed by atoms with Gasteiger partial charge in [-0.05, 0) is 111 Å². The predicted molar refractivity (Wildman–Crippen MR) is 218 cm³/mol. The van der Waals surface area contributed by atoms with Crippen LogP contribution in [-0.4, -0.2) is 0 Å². The molecule has 10 rings (SSSR count). The van der Waals surface area contributed by atoms with Crippen molar-refractivity contribution >= 4 is 32.3 Å². The van der Waals surface area contributed by atoms with E-state index in [0.29, 0.717) is 0 Å². The minimum absolute atomic E-state index is 0.106. The molecule has 0 bridgehead atoms. The third-order valence-electron chi connectivity index (χ3n) is 11.2. The Morgan fingerprint density at radius 3 is 1.31 bits per heavy atom. The zero-order chi connectivity index (χ0) is 34.1. The van der Waals surface area contributed by atoms with E-state index in [1.807, 2.05) is 0 Å². The van der Waals surface area contributed by atoms with Crippen molar-refractivity contribution in [2.45, 2.75) is 19.3 Å². The first-order chi connectivity index (χ1) is 25.1. The molecule has 0 saturated heterocycles. The second kappa shape index (κ2) is 11.4. The Labute approximate surface area is 299 Å². The maximum absolute atomic E-state index is 2.41. The highest BCUT2D eigenvalue weighted by molar-refractivity contribution is 6.21. The van der Waals surface area contributed by atoms with Crippen LogP contribution in [0, 0.1) is 0 Å². The Morgan fingerprint density at radius 2 is 0.745 bits per heavy atom. The van der Waals surface area contributed by atoms with Crippen LogP contribution in [0.15, 0.2) is 182 Å². The minimum atomic E-state index is -0.106. The fraction of sp³-hybridized carbons (Fsp3) is 0.0588. The molecule has 51 heavy (non-hydrogen) atoms. The molecule has 0 heteroatoms. The van der Waals surface area contributed by atoms with Crippen molar-refractivity contribution in [1.29, 1.82) is 0 Å². The summed E-state index contributed by atoms with van der Waals surface area (Å²) in [6.45, 7) is 4.78. The molecule has 0 spiro atoms. The quantitative estimate of drug-likeness (QED) is 0.167. The molecular formula is C51H36. The van der Waals surface area contributed by atoms with E-state index >= 15 is 0 Å². The van der Waals surface area contributed by atoms with Crippen LogP contribution in [0.3, 0.4) is 0 Å². The van der Waals surface area contributed by atoms with E-state index in [2.05, 4.69) is 196 Å². The van der Waals surface area contributed by atoms with Crippen LogP contribution >= 0.6 is 0 Å². The van der Waals surface area contributed by atoms with Gasteiger partial charge in [-0.25, -0.2) is 0 Å². The van der Waals surface area contributed by atoms with Gasteiger partial charge < -0.3 is 0 Å². The highest BCUT2D eigenvalue weighted by atomic mass is 14.4. The maximum atomic E-state index is 2.41. The highest BCUT2D eigenvalue weighted by Crippen LogP contribution is 2.53. The van der Waals surface area contributed by atoms with E-state index in [0.717, 1.165) is 0 Å². The zero-order valence-corrected chi connectivity index (χ0v) is 28.8. The van der Waals surface area contributed by atoms with Gasteiger partial charge in [-0.2, -0.15) is 0 Å². The Hall–Kier alpha value is -6.24. The zero-order valence-electron chi connectivity index (χ0n) is 28.8. The average Bonchev–Trinajstić information content (AvgIpc) is 3.41. The van der Waals surface area contributed by atoms with E-state index in [4.69, 9.17) is 0 Å². The van der Waals surface area contributed by atoms with Crippen LogP contribution in [0.5, 0.6) is 0 Å². The largest absolute Gasteiger partial charge is 0.0622 e. The molecule has 1 aliphatic carbocycles. The normalized spacial score (nSPS) is 13.1. The molecule has 9 aromatic rings. The van der Waals surface area contributed by atoms with E-state index in [-0.39, 0.29) is 5.41 Å². The van der Waals surface area contributed by atoms with Gasteiger partial charge in [0.15, 0.2) is 0 Å². The first-order valence-electron chi connectivity index (χ1n) is 17.9. The standard InChI is InChI=1S/C51H36/c1-51(2)47-32-39-16-7-6-15-38(39)31-46(47)45-22-12-21-40(50(45)51)35-25-29-37(30-26-35)49-43-19-10-8-17-41(43)48(42-18-9-11-20-44(42)49)36-27-23-34(24-28-36)33-13-4-3-5-14-33/h3-32H,1-2H3. The van der Waals surface area contributed by atoms with E-state index in [1.54, 1.807) is 0 Å². The summed E-state index contributed by atoms with van der Waals surface area (Å²) in [6, 6.07) is 67.3. The highest BCUT2D eigenvalue weighted by Gasteiger charge is 2.37. The summed E-state index contributed by atoms with van der Waals surface area (Å²) < 4.78 is 0. The molecule has 9 aromatic carbocycles. The Morgan fingerprint density at radius 1 is 0.314 bits per heavy atom. The maximum Gasteiger partial charge on any atom is 0.0165 e. The van der Waals surface area contributed by atoms with Gasteiger partial charge in [0.1, 0.15) is 0 Å². The van der Waals surface area contributed by atoms with Crippen LogP contribution in [0.2, 0.25) is 0 Å². The first kappa shape index (κ1) is 29.7. The van der Waals surface area contributed by atoms with Crippen LogP contribution in [0.25, 0.3) is 88.0 Å². The van der Waals surface area contributed by atoms with Gasteiger partial charge in [-0.1, -0.05) is 184 Å². The molecule has 0 saturated carbocycles. The van der Waals surface area contributed by atoms with Crippen LogP contribution < -0.4 is 0 Å². The third-order valence-corrected chi connectivity index (χ3v) is 11.2. The van der Waals surface area contributed by atoms with Gasteiger partial charge >= 0.3 is 0 Å². The predicted octanol–water partition coefficient (Wildman–Crippen LogP) is 14.1. The number of benzene rings is 9. The molecular weight excluding hydrogens is 613 g/mol. The van der Waals surface area contributed by atoms with Gasteiger partial charge in [0.25, 0.3) is 0 Å². The summed E-state index contributed by atoms with van der Waals surface area (Å²) in [7, 11) is 0. The molecule has 1 aliphatic rings. The Bertz CT molecular complexity index is 2730. The van der Waals surface area contributed by atoms with Gasteiger partial charge in [0.05, 0.1) is 0 Å². The lowest BCUT2D eigenvalue weighted by atomic mass is 9.78. The fourth-order valence-electron chi connectivity index (χ4n) is 8.83. The molecule has 0 aliphatic heterocycles. The number of fused-ring (bicyclic) bond motifs is 6. The van der Waals surface area contributed by atoms with E-state index < -0.39 is 0 Å². The molecule has 0 radical (unpaired) electrons. The molecule has 0 fully saturated rings. The fourth-order valence-corrected chi connectivity index (χ4v) is 8.83. The summed E-state index contributed by atoms with van der Waals surface area (Å²) >= 11 is 0. The number of hydrogen-bond donors (Lipinski definition) is 0. The minimum Gasteiger partial charge on any atom is -0.0622 e. The number of hydrogen-bond acceptors (Lipinski definition) is 0. The second-order valence-electron chi connectivity index (χ2n) is 14.5. The van der Waals surface area contributed by atoms with Crippen LogP contribution in [0.4, 0.5) is 0 Å². The van der Waals surface area contributed by atoms with Crippen LogP contribution in [-0.2, 0) is 5.41 Å². The summed E-state index contributed by atoms with van der Waals surface area (Å²) in [5.74, 6) is 0. The Balaban J connectivity index is 1.10. The second-order valence-corrected chi connectivity index (χ2v) is 14.5. The molecule has 0 aromatic heterocycles. The van der Waals surface area contributed by atoms with Crippen molar-refractivity contribution < 1.29 is 0 Å². The molecule has 0 atom stereocenters. The topological polar surface area (TPSA) is 0 Å². The Kier molecular flexibility index (Phi) is 6.63. The van der Waals surface area contributed by atoms with Crippen molar-refractivity contribution in [3.05, 3.63) is 193 Å². The molecule has 0 unspecified atom stereocenters. The van der Waals surface area contributed by atoms with Crippen molar-refractivity contribution in [3.8, 4) is 55.6 Å². The lowest BCUT2D eigenvalue weighted by Gasteiger charge is -2.25. The van der Waals surface area contributed by atoms with Gasteiger partial charge in [-0.15, -0.1) is 0 Å². The third kappa shape index (κ3) is 4.60. The summed E-state index contributed by atoms with van der Waals surface area (Å²) in [5, 5.41) is 7.69. The van der Waals surface area contributed by atoms with Gasteiger partial charge in [0.2, 0.25) is 0 Å².